The van der Waals surface area contributed by atoms with E-state index in [1.165, 1.54) is 25.1 Å². The predicted molar refractivity (Wildman–Crippen MR) is 68.9 cm³/mol. The molecule has 0 aromatic carbocycles. The molecule has 1 N–H and O–H groups in total. The van der Waals surface area contributed by atoms with Crippen LogP contribution in [0.15, 0.2) is 12.5 Å². The molecular formula is C14H23N3. The largest absolute Gasteiger partial charge is 0.335 e. The summed E-state index contributed by atoms with van der Waals surface area (Å²) in [7, 11) is 0. The maximum atomic E-state index is 4.30. The number of aromatic nitrogens is 2. The zero-order chi connectivity index (χ0) is 12.0. The second-order valence-corrected chi connectivity index (χ2v) is 6.19. The van der Waals surface area contributed by atoms with Crippen molar-refractivity contribution in [1.82, 2.24) is 14.9 Å². The van der Waals surface area contributed by atoms with Gasteiger partial charge in [0.25, 0.3) is 0 Å². The molecule has 0 amide bonds. The lowest BCUT2D eigenvalue weighted by Crippen LogP contribution is -2.20. The quantitative estimate of drug-likeness (QED) is 0.846. The highest BCUT2D eigenvalue weighted by atomic mass is 15.1. The van der Waals surface area contributed by atoms with Crippen LogP contribution in [0.1, 0.15) is 45.2 Å². The number of nitrogens with one attached hydrogen (secondary N) is 1. The van der Waals surface area contributed by atoms with Gasteiger partial charge < -0.3 is 9.88 Å². The molecule has 0 radical (unpaired) electrons. The topological polar surface area (TPSA) is 29.9 Å². The summed E-state index contributed by atoms with van der Waals surface area (Å²) < 4.78 is 2.30. The molecule has 0 spiro atoms. The Kier molecular flexibility index (Phi) is 2.54. The van der Waals surface area contributed by atoms with E-state index in [-0.39, 0.29) is 0 Å². The monoisotopic (exact) mass is 233 g/mol. The minimum Gasteiger partial charge on any atom is -0.335 e. The van der Waals surface area contributed by atoms with Gasteiger partial charge in [-0.1, -0.05) is 13.8 Å². The molecular weight excluding hydrogens is 210 g/mol. The first-order valence-corrected chi connectivity index (χ1v) is 6.88. The molecule has 2 aliphatic carbocycles. The third-order valence-electron chi connectivity index (χ3n) is 4.66. The van der Waals surface area contributed by atoms with Crippen molar-refractivity contribution in [2.45, 2.75) is 52.1 Å². The van der Waals surface area contributed by atoms with Crippen LogP contribution in [0.3, 0.4) is 0 Å². The standard InChI is InChI=1S/C14H23N3/c1-4-17-9-15-8-12(17)13-11(14(13,2)3)7-16-10-5-6-10/h8-11,13,16H,4-7H2,1-3H3. The summed E-state index contributed by atoms with van der Waals surface area (Å²) in [4.78, 5) is 4.30. The molecule has 3 rings (SSSR count). The van der Waals surface area contributed by atoms with Gasteiger partial charge in [-0.3, -0.25) is 0 Å². The third-order valence-corrected chi connectivity index (χ3v) is 4.66. The molecule has 2 unspecified atom stereocenters. The number of imidazole rings is 1. The minimum atomic E-state index is 0.439. The fourth-order valence-corrected chi connectivity index (χ4v) is 3.15. The van der Waals surface area contributed by atoms with Gasteiger partial charge >= 0.3 is 0 Å². The second kappa shape index (κ2) is 3.84. The molecule has 0 aliphatic heterocycles. The molecule has 2 saturated carbocycles. The van der Waals surface area contributed by atoms with Gasteiger partial charge in [0, 0.05) is 30.4 Å². The molecule has 17 heavy (non-hydrogen) atoms. The SMILES string of the molecule is CCn1cncc1C1C(CNC2CC2)C1(C)C. The predicted octanol–water partition coefficient (Wildman–Crippen LogP) is 2.39. The van der Waals surface area contributed by atoms with Crippen LogP contribution in [0.2, 0.25) is 0 Å². The molecule has 1 heterocycles. The average Bonchev–Trinajstić information content (AvgIpc) is 3.14. The van der Waals surface area contributed by atoms with E-state index >= 15 is 0 Å². The van der Waals surface area contributed by atoms with E-state index in [4.69, 9.17) is 0 Å². The van der Waals surface area contributed by atoms with E-state index < -0.39 is 0 Å². The van der Waals surface area contributed by atoms with Crippen molar-refractivity contribution in [2.24, 2.45) is 11.3 Å². The molecule has 2 aliphatic rings. The summed E-state index contributed by atoms with van der Waals surface area (Å²) in [6, 6.07) is 0.822. The van der Waals surface area contributed by atoms with Crippen LogP contribution in [-0.4, -0.2) is 22.1 Å². The lowest BCUT2D eigenvalue weighted by molar-refractivity contribution is 0.516. The Morgan fingerprint density at radius 3 is 2.88 bits per heavy atom. The maximum Gasteiger partial charge on any atom is 0.0948 e. The van der Waals surface area contributed by atoms with E-state index in [0.29, 0.717) is 11.3 Å². The molecule has 0 bridgehead atoms. The van der Waals surface area contributed by atoms with Crippen LogP contribution in [0.5, 0.6) is 0 Å². The van der Waals surface area contributed by atoms with Crippen LogP contribution in [-0.2, 0) is 6.54 Å². The summed E-state index contributed by atoms with van der Waals surface area (Å²) in [5, 5.41) is 3.67. The van der Waals surface area contributed by atoms with E-state index in [9.17, 15) is 0 Å². The van der Waals surface area contributed by atoms with Crippen molar-refractivity contribution >= 4 is 0 Å². The number of nitrogens with zero attached hydrogens (tertiary/aromatic N) is 2. The Morgan fingerprint density at radius 2 is 2.24 bits per heavy atom. The van der Waals surface area contributed by atoms with Gasteiger partial charge in [-0.05, 0) is 37.6 Å². The molecule has 2 atom stereocenters. The second-order valence-electron chi connectivity index (χ2n) is 6.19. The summed E-state index contributed by atoms with van der Waals surface area (Å²) in [6.07, 6.45) is 6.79. The van der Waals surface area contributed by atoms with Gasteiger partial charge in [0.1, 0.15) is 0 Å². The zero-order valence-corrected chi connectivity index (χ0v) is 11.1. The van der Waals surface area contributed by atoms with Crippen LogP contribution in [0.4, 0.5) is 0 Å². The van der Waals surface area contributed by atoms with E-state index in [0.717, 1.165) is 18.5 Å². The first-order chi connectivity index (χ1) is 8.14. The Labute approximate surface area is 104 Å². The van der Waals surface area contributed by atoms with Crippen molar-refractivity contribution in [3.05, 3.63) is 18.2 Å². The molecule has 1 aromatic rings. The number of aryl methyl sites for hydroxylation is 1. The number of rotatable bonds is 5. The van der Waals surface area contributed by atoms with Gasteiger partial charge in [0.2, 0.25) is 0 Å². The number of hydrogen-bond acceptors (Lipinski definition) is 2. The lowest BCUT2D eigenvalue weighted by atomic mass is 10.1. The summed E-state index contributed by atoms with van der Waals surface area (Å²) in [5.74, 6) is 1.47. The van der Waals surface area contributed by atoms with E-state index in [1.807, 2.05) is 6.33 Å². The van der Waals surface area contributed by atoms with Crippen molar-refractivity contribution in [3.8, 4) is 0 Å². The molecule has 3 nitrogen and oxygen atoms in total. The minimum absolute atomic E-state index is 0.439. The highest BCUT2D eigenvalue weighted by molar-refractivity contribution is 5.25. The lowest BCUT2D eigenvalue weighted by Gasteiger charge is -2.05. The van der Waals surface area contributed by atoms with Gasteiger partial charge in [0.05, 0.1) is 6.33 Å². The molecule has 2 fully saturated rings. The van der Waals surface area contributed by atoms with Crippen LogP contribution in [0.25, 0.3) is 0 Å². The summed E-state index contributed by atoms with van der Waals surface area (Å²) in [5.41, 5.74) is 1.87. The fourth-order valence-electron chi connectivity index (χ4n) is 3.15. The fraction of sp³-hybridized carbons (Fsp3) is 0.786. The van der Waals surface area contributed by atoms with Crippen molar-refractivity contribution in [2.75, 3.05) is 6.54 Å². The smallest absolute Gasteiger partial charge is 0.0948 e. The highest BCUT2D eigenvalue weighted by Gasteiger charge is 2.59. The van der Waals surface area contributed by atoms with Crippen LogP contribution >= 0.6 is 0 Å². The third kappa shape index (κ3) is 1.90. The highest BCUT2D eigenvalue weighted by Crippen LogP contribution is 2.64. The maximum absolute atomic E-state index is 4.30. The van der Waals surface area contributed by atoms with Gasteiger partial charge in [-0.2, -0.15) is 0 Å². The van der Waals surface area contributed by atoms with Crippen molar-refractivity contribution in [3.63, 3.8) is 0 Å². The summed E-state index contributed by atoms with van der Waals surface area (Å²) in [6.45, 7) is 9.19. The van der Waals surface area contributed by atoms with Crippen molar-refractivity contribution in [1.29, 1.82) is 0 Å². The molecule has 1 aromatic heterocycles. The van der Waals surface area contributed by atoms with Gasteiger partial charge in [0.15, 0.2) is 0 Å². The first kappa shape index (κ1) is 11.3. The number of hydrogen-bond donors (Lipinski definition) is 1. The van der Waals surface area contributed by atoms with Gasteiger partial charge in [-0.15, -0.1) is 0 Å². The Balaban J connectivity index is 1.70. The summed E-state index contributed by atoms with van der Waals surface area (Å²) >= 11 is 0. The molecule has 94 valence electrons. The normalized spacial score (nSPS) is 30.5. The Hall–Kier alpha value is -0.830. The van der Waals surface area contributed by atoms with Crippen LogP contribution in [0, 0.1) is 11.3 Å². The van der Waals surface area contributed by atoms with Crippen molar-refractivity contribution < 1.29 is 0 Å². The Bertz CT molecular complexity index is 403. The van der Waals surface area contributed by atoms with Crippen LogP contribution < -0.4 is 5.32 Å². The zero-order valence-electron chi connectivity index (χ0n) is 11.1. The first-order valence-electron chi connectivity index (χ1n) is 6.88. The molecule has 0 saturated heterocycles. The average molecular weight is 233 g/mol. The van der Waals surface area contributed by atoms with Gasteiger partial charge in [-0.25, -0.2) is 4.98 Å². The van der Waals surface area contributed by atoms with E-state index in [2.05, 4.69) is 41.8 Å². The van der Waals surface area contributed by atoms with E-state index in [1.54, 1.807) is 0 Å². The molecule has 3 heteroatoms. The Morgan fingerprint density at radius 1 is 1.47 bits per heavy atom.